The van der Waals surface area contributed by atoms with Gasteiger partial charge in [-0.25, -0.2) is 0 Å². The fourth-order valence-electron chi connectivity index (χ4n) is 3.23. The smallest absolute Gasteiger partial charge is 0.198 e. The average molecular weight is 311 g/mol. The Morgan fingerprint density at radius 3 is 2.41 bits per heavy atom. The van der Waals surface area contributed by atoms with E-state index in [1.54, 1.807) is 0 Å². The van der Waals surface area contributed by atoms with Crippen LogP contribution in [0.3, 0.4) is 0 Å². The average Bonchev–Trinajstić information content (AvgIpc) is 2.56. The summed E-state index contributed by atoms with van der Waals surface area (Å²) >= 11 is 6.47. The molecule has 2 nitrogen and oxygen atoms in total. The summed E-state index contributed by atoms with van der Waals surface area (Å²) in [5.74, 6) is 0.828. The first-order chi connectivity index (χ1) is 10.7. The third-order valence-corrected chi connectivity index (χ3v) is 4.55. The largest absolute Gasteiger partial charge is 0.464 e. The number of hydrogen-bond donors (Lipinski definition) is 1. The van der Waals surface area contributed by atoms with Crippen molar-refractivity contribution in [2.24, 2.45) is 0 Å². The summed E-state index contributed by atoms with van der Waals surface area (Å²) in [6.07, 6.45) is -0.270. The first-order valence-electron chi connectivity index (χ1n) is 7.35. The number of aliphatic hydroxyl groups excluding tert-OH is 1. The Hall–Kier alpha value is -2.03. The first kappa shape index (κ1) is 13.6. The molecule has 0 fully saturated rings. The zero-order valence-electron chi connectivity index (χ0n) is 11.9. The number of ether oxygens (including phenoxy) is 1. The number of rotatable bonds is 1. The second-order valence-corrected chi connectivity index (χ2v) is 6.00. The monoisotopic (exact) mass is 310 g/mol. The third kappa shape index (κ3) is 2.16. The number of halogens is 1. The van der Waals surface area contributed by atoms with Crippen molar-refractivity contribution in [2.45, 2.75) is 18.6 Å². The highest BCUT2D eigenvalue weighted by atomic mass is 35.5. The Bertz CT molecular complexity index is 829. The molecule has 1 heterocycles. The highest BCUT2D eigenvalue weighted by Gasteiger charge is 2.30. The fraction of sp³-hybridized carbons (Fsp3) is 0.158. The van der Waals surface area contributed by atoms with E-state index in [9.17, 15) is 5.11 Å². The van der Waals surface area contributed by atoms with Gasteiger partial charge in [-0.15, -0.1) is 0 Å². The predicted octanol–water partition coefficient (Wildman–Crippen LogP) is 4.73. The first-order valence-corrected chi connectivity index (χ1v) is 7.72. The molecular weight excluding hydrogens is 296 g/mol. The van der Waals surface area contributed by atoms with Crippen LogP contribution in [0.4, 0.5) is 0 Å². The van der Waals surface area contributed by atoms with Gasteiger partial charge in [0.15, 0.2) is 6.29 Å². The van der Waals surface area contributed by atoms with Gasteiger partial charge in [0.25, 0.3) is 0 Å². The Balaban J connectivity index is 1.98. The molecule has 3 heteroatoms. The molecule has 4 rings (SSSR count). The van der Waals surface area contributed by atoms with Crippen molar-refractivity contribution in [2.75, 3.05) is 0 Å². The molecular formula is C19H15ClO2. The molecule has 2 atom stereocenters. The van der Waals surface area contributed by atoms with Gasteiger partial charge in [0.05, 0.1) is 0 Å². The van der Waals surface area contributed by atoms with Gasteiger partial charge in [-0.2, -0.15) is 0 Å². The lowest BCUT2D eigenvalue weighted by Gasteiger charge is -2.31. The molecule has 0 saturated carbocycles. The van der Waals surface area contributed by atoms with Crippen LogP contribution in [0.1, 0.15) is 23.5 Å². The van der Waals surface area contributed by atoms with Crippen LogP contribution >= 0.6 is 11.6 Å². The van der Waals surface area contributed by atoms with Crippen molar-refractivity contribution in [1.82, 2.24) is 0 Å². The van der Waals surface area contributed by atoms with Gasteiger partial charge < -0.3 is 9.84 Å². The van der Waals surface area contributed by atoms with Crippen molar-refractivity contribution in [1.29, 1.82) is 0 Å². The summed E-state index contributed by atoms with van der Waals surface area (Å²) in [6, 6.07) is 20.0. The molecule has 0 aromatic heterocycles. The highest BCUT2D eigenvalue weighted by Crippen LogP contribution is 2.45. The summed E-state index contributed by atoms with van der Waals surface area (Å²) in [7, 11) is 0. The second-order valence-electron chi connectivity index (χ2n) is 5.59. The van der Waals surface area contributed by atoms with Crippen LogP contribution in [-0.4, -0.2) is 11.4 Å². The van der Waals surface area contributed by atoms with E-state index in [1.807, 2.05) is 48.5 Å². The standard InChI is InChI=1S/C19H15ClO2/c20-17-10-16-15(12-6-2-1-3-7-12)11-18(21)22-19(16)14-9-5-4-8-13(14)17/h1-10,15,18,21H,11H2/t15-,18-/m0/s1. The Kier molecular flexibility index (Phi) is 3.29. The van der Waals surface area contributed by atoms with E-state index in [2.05, 4.69) is 12.1 Å². The fourth-order valence-corrected chi connectivity index (χ4v) is 3.51. The molecule has 1 aliphatic heterocycles. The van der Waals surface area contributed by atoms with Gasteiger partial charge in [-0.05, 0) is 11.6 Å². The predicted molar refractivity (Wildman–Crippen MR) is 88.5 cm³/mol. The van der Waals surface area contributed by atoms with Crippen LogP contribution < -0.4 is 4.74 Å². The summed E-state index contributed by atoms with van der Waals surface area (Å²) in [5, 5.41) is 12.8. The van der Waals surface area contributed by atoms with Gasteiger partial charge in [0.2, 0.25) is 0 Å². The maximum Gasteiger partial charge on any atom is 0.198 e. The van der Waals surface area contributed by atoms with Crippen molar-refractivity contribution < 1.29 is 9.84 Å². The SMILES string of the molecule is O[C@@H]1C[C@@H](c2ccccc2)c2cc(Cl)c3ccccc3c2O1. The minimum atomic E-state index is -0.803. The van der Waals surface area contributed by atoms with Crippen LogP contribution in [0.15, 0.2) is 60.7 Å². The van der Waals surface area contributed by atoms with Crippen molar-refractivity contribution in [3.63, 3.8) is 0 Å². The van der Waals surface area contributed by atoms with E-state index < -0.39 is 6.29 Å². The van der Waals surface area contributed by atoms with E-state index >= 15 is 0 Å². The van der Waals surface area contributed by atoms with E-state index in [1.165, 1.54) is 0 Å². The highest BCUT2D eigenvalue weighted by molar-refractivity contribution is 6.36. The lowest BCUT2D eigenvalue weighted by molar-refractivity contribution is -0.0347. The Labute approximate surface area is 133 Å². The zero-order valence-corrected chi connectivity index (χ0v) is 12.6. The second kappa shape index (κ2) is 5.31. The number of aliphatic hydroxyl groups is 1. The minimum Gasteiger partial charge on any atom is -0.464 e. The molecule has 0 spiro atoms. The van der Waals surface area contributed by atoms with E-state index in [0.717, 1.165) is 32.7 Å². The van der Waals surface area contributed by atoms with Crippen LogP contribution in [0, 0.1) is 0 Å². The normalized spacial score (nSPS) is 20.5. The molecule has 1 aliphatic rings. The van der Waals surface area contributed by atoms with Gasteiger partial charge in [-0.3, -0.25) is 0 Å². The van der Waals surface area contributed by atoms with E-state index in [4.69, 9.17) is 16.3 Å². The van der Waals surface area contributed by atoms with Gasteiger partial charge in [-0.1, -0.05) is 66.2 Å². The molecule has 110 valence electrons. The quantitative estimate of drug-likeness (QED) is 0.704. The van der Waals surface area contributed by atoms with E-state index in [-0.39, 0.29) is 5.92 Å². The zero-order chi connectivity index (χ0) is 15.1. The summed E-state index contributed by atoms with van der Waals surface area (Å²) in [6.45, 7) is 0. The number of hydrogen-bond acceptors (Lipinski definition) is 2. The maximum absolute atomic E-state index is 10.2. The lowest BCUT2D eigenvalue weighted by atomic mass is 9.85. The van der Waals surface area contributed by atoms with Crippen LogP contribution in [0.25, 0.3) is 10.8 Å². The summed E-state index contributed by atoms with van der Waals surface area (Å²) < 4.78 is 5.75. The topological polar surface area (TPSA) is 29.5 Å². The number of benzene rings is 3. The van der Waals surface area contributed by atoms with Crippen LogP contribution in [-0.2, 0) is 0 Å². The molecule has 0 saturated heterocycles. The molecule has 0 radical (unpaired) electrons. The van der Waals surface area contributed by atoms with Gasteiger partial charge >= 0.3 is 0 Å². The molecule has 3 aromatic rings. The molecule has 22 heavy (non-hydrogen) atoms. The lowest BCUT2D eigenvalue weighted by Crippen LogP contribution is -2.26. The van der Waals surface area contributed by atoms with Crippen molar-refractivity contribution in [3.8, 4) is 5.75 Å². The van der Waals surface area contributed by atoms with Crippen LogP contribution in [0.5, 0.6) is 5.75 Å². The molecule has 3 aromatic carbocycles. The Morgan fingerprint density at radius 1 is 0.955 bits per heavy atom. The molecule has 0 aliphatic carbocycles. The molecule has 0 bridgehead atoms. The molecule has 1 N–H and O–H groups in total. The third-order valence-electron chi connectivity index (χ3n) is 4.24. The molecule has 0 unspecified atom stereocenters. The van der Waals surface area contributed by atoms with Gasteiger partial charge in [0.1, 0.15) is 5.75 Å². The minimum absolute atomic E-state index is 0.0852. The van der Waals surface area contributed by atoms with Gasteiger partial charge in [0, 0.05) is 33.7 Å². The summed E-state index contributed by atoms with van der Waals surface area (Å²) in [5.41, 5.74) is 2.21. The maximum atomic E-state index is 10.2. The molecule has 0 amide bonds. The summed E-state index contributed by atoms with van der Waals surface area (Å²) in [4.78, 5) is 0. The number of fused-ring (bicyclic) bond motifs is 3. The van der Waals surface area contributed by atoms with Crippen molar-refractivity contribution in [3.05, 3.63) is 76.8 Å². The van der Waals surface area contributed by atoms with E-state index in [0.29, 0.717) is 6.42 Å². The van der Waals surface area contributed by atoms with Crippen molar-refractivity contribution >= 4 is 22.4 Å². The van der Waals surface area contributed by atoms with Crippen LogP contribution in [0.2, 0.25) is 5.02 Å². The Morgan fingerprint density at radius 2 is 1.64 bits per heavy atom.